The van der Waals surface area contributed by atoms with Crippen LogP contribution in [0.5, 0.6) is 0 Å². The Labute approximate surface area is 127 Å². The molecule has 4 aromatic rings. The highest BCUT2D eigenvalue weighted by Crippen LogP contribution is 2.25. The van der Waals surface area contributed by atoms with Gasteiger partial charge in [-0.2, -0.15) is 9.97 Å². The zero-order chi connectivity index (χ0) is 16.0. The molecule has 2 heterocycles. The zero-order valence-electron chi connectivity index (χ0n) is 11.5. The zero-order valence-corrected chi connectivity index (χ0v) is 11.5. The first-order valence-corrected chi connectivity index (χ1v) is 6.62. The minimum absolute atomic E-state index is 0.118. The van der Waals surface area contributed by atoms with Crippen LogP contribution in [0.2, 0.25) is 0 Å². The molecule has 1 amide bonds. The lowest BCUT2D eigenvalue weighted by Gasteiger charge is -1.92. The predicted molar refractivity (Wildman–Crippen MR) is 79.8 cm³/mol. The number of benzene rings is 2. The van der Waals surface area contributed by atoms with Crippen molar-refractivity contribution in [3.8, 4) is 0 Å². The number of hydrogen-bond acceptors (Lipinski definition) is 6. The van der Waals surface area contributed by atoms with Gasteiger partial charge in [0.05, 0.1) is 0 Å². The third-order valence-corrected chi connectivity index (χ3v) is 3.24. The predicted octanol–water partition coefficient (Wildman–Crippen LogP) is 2.95. The van der Waals surface area contributed by atoms with Crippen LogP contribution in [0.3, 0.4) is 0 Å². The Morgan fingerprint density at radius 2 is 1.61 bits per heavy atom. The van der Waals surface area contributed by atoms with E-state index in [2.05, 4.69) is 15.3 Å². The Balaban J connectivity index is 1.69. The number of oxazole rings is 2. The Morgan fingerprint density at radius 1 is 1.00 bits per heavy atom. The van der Waals surface area contributed by atoms with Crippen molar-refractivity contribution in [2.24, 2.45) is 5.73 Å². The summed E-state index contributed by atoms with van der Waals surface area (Å²) in [6.45, 7) is 0. The number of anilines is 2. The van der Waals surface area contributed by atoms with Crippen LogP contribution in [-0.2, 0) is 0 Å². The van der Waals surface area contributed by atoms with Crippen LogP contribution in [0.15, 0.2) is 45.2 Å². The molecule has 4 rings (SSSR count). The summed E-state index contributed by atoms with van der Waals surface area (Å²) in [6.07, 6.45) is 0. The maximum Gasteiger partial charge on any atom is 0.303 e. The van der Waals surface area contributed by atoms with Crippen molar-refractivity contribution in [1.29, 1.82) is 0 Å². The van der Waals surface area contributed by atoms with Gasteiger partial charge in [-0.15, -0.1) is 0 Å². The maximum atomic E-state index is 13.1. The standard InChI is InChI=1S/C15H9FN4O3/c16-8-2-4-12-10(6-8)19-15(23-12)20-14-18-9-5-7(13(17)21)1-3-11(9)22-14/h1-6H,(H2,17,21)(H,18,19,20). The fourth-order valence-electron chi connectivity index (χ4n) is 2.18. The molecule has 0 saturated carbocycles. The number of primary amides is 1. The number of rotatable bonds is 3. The van der Waals surface area contributed by atoms with Crippen LogP contribution in [0, 0.1) is 5.82 Å². The summed E-state index contributed by atoms with van der Waals surface area (Å²) in [7, 11) is 0. The molecule has 0 saturated heterocycles. The molecule has 0 atom stereocenters. The van der Waals surface area contributed by atoms with Gasteiger partial charge >= 0.3 is 12.0 Å². The van der Waals surface area contributed by atoms with Crippen LogP contribution in [0.1, 0.15) is 10.4 Å². The maximum absolute atomic E-state index is 13.1. The van der Waals surface area contributed by atoms with Gasteiger partial charge in [-0.1, -0.05) is 0 Å². The number of nitrogens with one attached hydrogen (secondary N) is 1. The van der Waals surface area contributed by atoms with E-state index < -0.39 is 11.7 Å². The van der Waals surface area contributed by atoms with Crippen molar-refractivity contribution in [3.63, 3.8) is 0 Å². The first-order valence-electron chi connectivity index (χ1n) is 6.62. The van der Waals surface area contributed by atoms with Crippen molar-refractivity contribution in [2.45, 2.75) is 0 Å². The van der Waals surface area contributed by atoms with Gasteiger partial charge in [-0.25, -0.2) is 4.39 Å². The summed E-state index contributed by atoms with van der Waals surface area (Å²) in [5.74, 6) is -0.955. The van der Waals surface area contributed by atoms with E-state index in [0.717, 1.165) is 0 Å². The molecule has 3 N–H and O–H groups in total. The van der Waals surface area contributed by atoms with Gasteiger partial charge in [0.2, 0.25) is 5.91 Å². The fourth-order valence-corrected chi connectivity index (χ4v) is 2.18. The number of carbonyl (C=O) groups excluding carboxylic acids is 1. The van der Waals surface area contributed by atoms with E-state index in [-0.39, 0.29) is 12.0 Å². The molecule has 2 aromatic heterocycles. The van der Waals surface area contributed by atoms with E-state index in [1.54, 1.807) is 12.1 Å². The Kier molecular flexibility index (Phi) is 2.77. The molecule has 0 spiro atoms. The van der Waals surface area contributed by atoms with Crippen LogP contribution >= 0.6 is 0 Å². The normalized spacial score (nSPS) is 11.2. The second kappa shape index (κ2) is 4.80. The van der Waals surface area contributed by atoms with Crippen molar-refractivity contribution >= 4 is 40.1 Å². The Bertz CT molecular complexity index is 1050. The third-order valence-electron chi connectivity index (χ3n) is 3.24. The average molecular weight is 312 g/mol. The molecule has 2 aromatic carbocycles. The lowest BCUT2D eigenvalue weighted by molar-refractivity contribution is 0.100. The van der Waals surface area contributed by atoms with Crippen LogP contribution < -0.4 is 11.1 Å². The molecule has 0 radical (unpaired) electrons. The van der Waals surface area contributed by atoms with Gasteiger partial charge in [-0.3, -0.25) is 10.1 Å². The van der Waals surface area contributed by atoms with Crippen LogP contribution in [0.25, 0.3) is 22.2 Å². The molecule has 0 aliphatic carbocycles. The monoisotopic (exact) mass is 312 g/mol. The van der Waals surface area contributed by atoms with Gasteiger partial charge in [-0.05, 0) is 30.3 Å². The number of amides is 1. The van der Waals surface area contributed by atoms with Crippen molar-refractivity contribution in [1.82, 2.24) is 9.97 Å². The molecule has 7 nitrogen and oxygen atoms in total. The van der Waals surface area contributed by atoms with E-state index in [9.17, 15) is 9.18 Å². The van der Waals surface area contributed by atoms with E-state index >= 15 is 0 Å². The molecule has 0 aliphatic rings. The van der Waals surface area contributed by atoms with E-state index in [1.165, 1.54) is 24.3 Å². The number of hydrogen-bond donors (Lipinski definition) is 2. The van der Waals surface area contributed by atoms with Gasteiger partial charge in [0.25, 0.3) is 0 Å². The van der Waals surface area contributed by atoms with E-state index in [4.69, 9.17) is 14.6 Å². The summed E-state index contributed by atoms with van der Waals surface area (Å²) in [4.78, 5) is 19.4. The highest BCUT2D eigenvalue weighted by atomic mass is 19.1. The number of nitrogens with two attached hydrogens (primary N) is 1. The molecule has 0 bridgehead atoms. The van der Waals surface area contributed by atoms with Crippen molar-refractivity contribution < 1.29 is 18.0 Å². The molecule has 114 valence electrons. The largest absolute Gasteiger partial charge is 0.423 e. The van der Waals surface area contributed by atoms with Crippen molar-refractivity contribution in [3.05, 3.63) is 47.8 Å². The SMILES string of the molecule is NC(=O)c1ccc2oc(Nc3nc4cc(F)ccc4o3)nc2c1. The van der Waals surface area contributed by atoms with Crippen LogP contribution in [0.4, 0.5) is 16.4 Å². The fraction of sp³-hybridized carbons (Fsp3) is 0. The summed E-state index contributed by atoms with van der Waals surface area (Å²) >= 11 is 0. The summed E-state index contributed by atoms with van der Waals surface area (Å²) in [6, 6.07) is 8.93. The van der Waals surface area contributed by atoms with E-state index in [1.807, 2.05) is 0 Å². The third kappa shape index (κ3) is 2.35. The van der Waals surface area contributed by atoms with Gasteiger partial charge < -0.3 is 14.6 Å². The minimum Gasteiger partial charge on any atom is -0.423 e. The Hall–Kier alpha value is -3.42. The Morgan fingerprint density at radius 3 is 2.26 bits per heavy atom. The number of aromatic nitrogens is 2. The number of carbonyl (C=O) groups is 1. The van der Waals surface area contributed by atoms with Gasteiger partial charge in [0, 0.05) is 11.6 Å². The smallest absolute Gasteiger partial charge is 0.303 e. The lowest BCUT2D eigenvalue weighted by atomic mass is 10.2. The summed E-state index contributed by atoms with van der Waals surface area (Å²) in [5.41, 5.74) is 7.29. The molecule has 0 aliphatic heterocycles. The summed E-state index contributed by atoms with van der Waals surface area (Å²) < 4.78 is 24.0. The van der Waals surface area contributed by atoms with Crippen LogP contribution in [-0.4, -0.2) is 15.9 Å². The number of fused-ring (bicyclic) bond motifs is 2. The lowest BCUT2D eigenvalue weighted by Crippen LogP contribution is -2.10. The molecule has 0 unspecified atom stereocenters. The summed E-state index contributed by atoms with van der Waals surface area (Å²) in [5, 5.41) is 2.76. The molecular formula is C15H9FN4O3. The first kappa shape index (κ1) is 13.3. The first-order chi connectivity index (χ1) is 11.1. The van der Waals surface area contributed by atoms with E-state index in [0.29, 0.717) is 27.8 Å². The second-order valence-corrected chi connectivity index (χ2v) is 4.82. The van der Waals surface area contributed by atoms with Crippen molar-refractivity contribution in [2.75, 3.05) is 5.32 Å². The quantitative estimate of drug-likeness (QED) is 0.602. The minimum atomic E-state index is -0.551. The molecule has 8 heteroatoms. The van der Waals surface area contributed by atoms with Gasteiger partial charge in [0.1, 0.15) is 16.9 Å². The average Bonchev–Trinajstić information content (AvgIpc) is 3.08. The second-order valence-electron chi connectivity index (χ2n) is 4.82. The topological polar surface area (TPSA) is 107 Å². The highest BCUT2D eigenvalue weighted by molar-refractivity contribution is 5.96. The van der Waals surface area contributed by atoms with Gasteiger partial charge in [0.15, 0.2) is 11.2 Å². The number of nitrogens with zero attached hydrogens (tertiary/aromatic N) is 2. The molecule has 0 fully saturated rings. The molecule has 23 heavy (non-hydrogen) atoms. The molecular weight excluding hydrogens is 303 g/mol. The number of halogens is 1. The highest BCUT2D eigenvalue weighted by Gasteiger charge is 2.12.